The Labute approximate surface area is 98.6 Å². The molecule has 92 valence electrons. The van der Waals surface area contributed by atoms with E-state index in [0.29, 0.717) is 24.4 Å². The number of hydrogen-bond donors (Lipinski definition) is 1. The van der Waals surface area contributed by atoms with E-state index in [1.54, 1.807) is 0 Å². The van der Waals surface area contributed by atoms with Crippen LogP contribution in [0.2, 0.25) is 0 Å². The summed E-state index contributed by atoms with van der Waals surface area (Å²) < 4.78 is 0. The van der Waals surface area contributed by atoms with Crippen LogP contribution in [0.25, 0.3) is 0 Å². The van der Waals surface area contributed by atoms with Crippen molar-refractivity contribution < 1.29 is 4.79 Å². The standard InChI is InChI=1S/C13H24N2O/c1-10-3-4-11(2)15(9-10)13(16)8-14-7-12-5-6-12/h10-12,14H,3-9H2,1-2H3. The minimum atomic E-state index is 0.291. The maximum atomic E-state index is 12.0. The van der Waals surface area contributed by atoms with Crippen LogP contribution in [-0.4, -0.2) is 36.5 Å². The van der Waals surface area contributed by atoms with Gasteiger partial charge in [-0.25, -0.2) is 0 Å². The summed E-state index contributed by atoms with van der Waals surface area (Å²) >= 11 is 0. The van der Waals surface area contributed by atoms with Crippen molar-refractivity contribution in [3.8, 4) is 0 Å². The van der Waals surface area contributed by atoms with Crippen molar-refractivity contribution in [2.45, 2.75) is 45.6 Å². The second kappa shape index (κ2) is 5.17. The van der Waals surface area contributed by atoms with Crippen LogP contribution < -0.4 is 5.32 Å². The molecule has 16 heavy (non-hydrogen) atoms. The fourth-order valence-corrected chi connectivity index (χ4v) is 2.44. The van der Waals surface area contributed by atoms with Crippen molar-refractivity contribution >= 4 is 5.91 Å². The van der Waals surface area contributed by atoms with E-state index in [2.05, 4.69) is 24.1 Å². The molecule has 1 aliphatic heterocycles. The van der Waals surface area contributed by atoms with Gasteiger partial charge in [0.2, 0.25) is 5.91 Å². The molecule has 1 aliphatic carbocycles. The normalized spacial score (nSPS) is 30.5. The van der Waals surface area contributed by atoms with Crippen LogP contribution in [-0.2, 0) is 4.79 Å². The number of rotatable bonds is 4. The Morgan fingerprint density at radius 3 is 2.69 bits per heavy atom. The van der Waals surface area contributed by atoms with E-state index in [1.807, 2.05) is 0 Å². The van der Waals surface area contributed by atoms with Gasteiger partial charge >= 0.3 is 0 Å². The fourth-order valence-electron chi connectivity index (χ4n) is 2.44. The van der Waals surface area contributed by atoms with Gasteiger partial charge < -0.3 is 10.2 Å². The Balaban J connectivity index is 1.72. The van der Waals surface area contributed by atoms with Crippen molar-refractivity contribution in [2.24, 2.45) is 11.8 Å². The number of nitrogens with one attached hydrogen (secondary N) is 1. The van der Waals surface area contributed by atoms with Crippen LogP contribution in [0, 0.1) is 11.8 Å². The Kier molecular flexibility index (Phi) is 3.85. The third-order valence-electron chi connectivity index (χ3n) is 3.84. The molecule has 2 unspecified atom stereocenters. The molecule has 1 saturated heterocycles. The molecule has 1 heterocycles. The molecule has 0 aromatic rings. The summed E-state index contributed by atoms with van der Waals surface area (Å²) in [4.78, 5) is 14.1. The zero-order valence-corrected chi connectivity index (χ0v) is 10.5. The van der Waals surface area contributed by atoms with Crippen LogP contribution in [0.15, 0.2) is 0 Å². The summed E-state index contributed by atoms with van der Waals surface area (Å²) in [7, 11) is 0. The van der Waals surface area contributed by atoms with Crippen molar-refractivity contribution in [3.05, 3.63) is 0 Å². The van der Waals surface area contributed by atoms with Gasteiger partial charge in [-0.15, -0.1) is 0 Å². The number of carbonyl (C=O) groups excluding carboxylic acids is 1. The number of amides is 1. The molecule has 3 nitrogen and oxygen atoms in total. The Morgan fingerprint density at radius 1 is 1.25 bits per heavy atom. The van der Waals surface area contributed by atoms with Crippen LogP contribution in [0.4, 0.5) is 0 Å². The van der Waals surface area contributed by atoms with Gasteiger partial charge in [0.1, 0.15) is 0 Å². The maximum absolute atomic E-state index is 12.0. The molecular weight excluding hydrogens is 200 g/mol. The molecule has 1 N–H and O–H groups in total. The highest BCUT2D eigenvalue weighted by Crippen LogP contribution is 2.27. The van der Waals surface area contributed by atoms with E-state index >= 15 is 0 Å². The van der Waals surface area contributed by atoms with E-state index in [9.17, 15) is 4.79 Å². The molecule has 3 heteroatoms. The second-order valence-electron chi connectivity index (χ2n) is 5.65. The average Bonchev–Trinajstić information content (AvgIpc) is 3.05. The first-order valence-electron chi connectivity index (χ1n) is 6.67. The predicted molar refractivity (Wildman–Crippen MR) is 65.2 cm³/mol. The summed E-state index contributed by atoms with van der Waals surface area (Å²) in [6, 6.07) is 0.437. The lowest BCUT2D eigenvalue weighted by atomic mass is 9.95. The molecule has 1 saturated carbocycles. The van der Waals surface area contributed by atoms with Gasteiger partial charge in [-0.05, 0) is 51.0 Å². The second-order valence-corrected chi connectivity index (χ2v) is 5.65. The van der Waals surface area contributed by atoms with E-state index in [0.717, 1.165) is 25.4 Å². The first-order chi connectivity index (χ1) is 7.66. The molecule has 2 aliphatic rings. The Hall–Kier alpha value is -0.570. The predicted octanol–water partition coefficient (Wildman–Crippen LogP) is 1.63. The Bertz CT molecular complexity index is 250. The lowest BCUT2D eigenvalue weighted by Gasteiger charge is -2.37. The van der Waals surface area contributed by atoms with E-state index in [-0.39, 0.29) is 0 Å². The van der Waals surface area contributed by atoms with Gasteiger partial charge in [-0.3, -0.25) is 4.79 Å². The molecule has 2 atom stereocenters. The first kappa shape index (κ1) is 11.9. The van der Waals surface area contributed by atoms with Crippen LogP contribution in [0.5, 0.6) is 0 Å². The molecule has 0 aromatic carbocycles. The molecule has 2 rings (SSSR count). The average molecular weight is 224 g/mol. The van der Waals surface area contributed by atoms with Gasteiger partial charge in [-0.2, -0.15) is 0 Å². The lowest BCUT2D eigenvalue weighted by molar-refractivity contribution is -0.134. The van der Waals surface area contributed by atoms with E-state index < -0.39 is 0 Å². The van der Waals surface area contributed by atoms with Crippen molar-refractivity contribution in [1.82, 2.24) is 10.2 Å². The zero-order valence-electron chi connectivity index (χ0n) is 10.5. The molecule has 0 radical (unpaired) electrons. The SMILES string of the molecule is CC1CCC(C)N(C(=O)CNCC2CC2)C1. The molecular formula is C13H24N2O. The third-order valence-corrected chi connectivity index (χ3v) is 3.84. The van der Waals surface area contributed by atoms with Crippen LogP contribution in [0.3, 0.4) is 0 Å². The topological polar surface area (TPSA) is 32.3 Å². The summed E-state index contributed by atoms with van der Waals surface area (Å²) in [5.74, 6) is 1.81. The minimum Gasteiger partial charge on any atom is -0.339 e. The highest BCUT2D eigenvalue weighted by Gasteiger charge is 2.27. The van der Waals surface area contributed by atoms with Gasteiger partial charge in [0.25, 0.3) is 0 Å². The van der Waals surface area contributed by atoms with Crippen molar-refractivity contribution in [1.29, 1.82) is 0 Å². The maximum Gasteiger partial charge on any atom is 0.236 e. The smallest absolute Gasteiger partial charge is 0.236 e. The minimum absolute atomic E-state index is 0.291. The van der Waals surface area contributed by atoms with Crippen LogP contribution >= 0.6 is 0 Å². The van der Waals surface area contributed by atoms with E-state index in [1.165, 1.54) is 19.3 Å². The fraction of sp³-hybridized carbons (Fsp3) is 0.923. The number of hydrogen-bond acceptors (Lipinski definition) is 2. The largest absolute Gasteiger partial charge is 0.339 e. The van der Waals surface area contributed by atoms with Crippen LogP contribution in [0.1, 0.15) is 39.5 Å². The summed E-state index contributed by atoms with van der Waals surface area (Å²) in [6.07, 6.45) is 5.12. The summed E-state index contributed by atoms with van der Waals surface area (Å²) in [5.41, 5.74) is 0. The van der Waals surface area contributed by atoms with Crippen molar-refractivity contribution in [2.75, 3.05) is 19.6 Å². The number of nitrogens with zero attached hydrogens (tertiary/aromatic N) is 1. The quantitative estimate of drug-likeness (QED) is 0.787. The van der Waals surface area contributed by atoms with Crippen molar-refractivity contribution in [3.63, 3.8) is 0 Å². The molecule has 0 aromatic heterocycles. The summed E-state index contributed by atoms with van der Waals surface area (Å²) in [6.45, 7) is 6.93. The molecule has 1 amide bonds. The molecule has 0 spiro atoms. The zero-order chi connectivity index (χ0) is 11.5. The first-order valence-corrected chi connectivity index (χ1v) is 6.67. The highest BCUT2D eigenvalue weighted by molar-refractivity contribution is 5.78. The van der Waals surface area contributed by atoms with E-state index in [4.69, 9.17) is 0 Å². The Morgan fingerprint density at radius 2 is 2.00 bits per heavy atom. The van der Waals surface area contributed by atoms with Gasteiger partial charge in [0.05, 0.1) is 6.54 Å². The van der Waals surface area contributed by atoms with Gasteiger partial charge in [0.15, 0.2) is 0 Å². The summed E-state index contributed by atoms with van der Waals surface area (Å²) in [5, 5.41) is 3.29. The third kappa shape index (κ3) is 3.21. The molecule has 2 fully saturated rings. The van der Waals surface area contributed by atoms with Gasteiger partial charge in [0, 0.05) is 12.6 Å². The van der Waals surface area contributed by atoms with Gasteiger partial charge in [-0.1, -0.05) is 6.92 Å². The highest BCUT2D eigenvalue weighted by atomic mass is 16.2. The monoisotopic (exact) mass is 224 g/mol. The number of carbonyl (C=O) groups is 1. The number of likely N-dealkylation sites (tertiary alicyclic amines) is 1. The molecule has 0 bridgehead atoms. The number of piperidine rings is 1. The lowest BCUT2D eigenvalue weighted by Crippen LogP contribution is -2.48.